The zero-order valence-corrected chi connectivity index (χ0v) is 19.2. The third kappa shape index (κ3) is 5.51. The minimum Gasteiger partial charge on any atom is -0.497 e. The van der Waals surface area contributed by atoms with Crippen molar-refractivity contribution < 1.29 is 9.53 Å². The lowest BCUT2D eigenvalue weighted by molar-refractivity contribution is -0.117. The van der Waals surface area contributed by atoms with E-state index in [9.17, 15) is 9.59 Å². The number of piperidine rings is 1. The summed E-state index contributed by atoms with van der Waals surface area (Å²) in [5.74, 6) is 1.74. The Labute approximate surface area is 193 Å². The molecule has 174 valence electrons. The summed E-state index contributed by atoms with van der Waals surface area (Å²) >= 11 is 0. The molecule has 0 bridgehead atoms. The van der Waals surface area contributed by atoms with Crippen molar-refractivity contribution in [3.05, 3.63) is 76.5 Å². The number of nitrogens with one attached hydrogen (secondary N) is 1. The van der Waals surface area contributed by atoms with Gasteiger partial charge in [-0.3, -0.25) is 14.3 Å². The third-order valence-electron chi connectivity index (χ3n) is 6.12. The van der Waals surface area contributed by atoms with Gasteiger partial charge in [-0.1, -0.05) is 36.4 Å². The Hall–Kier alpha value is -3.39. The minimum atomic E-state index is -0.0588. The van der Waals surface area contributed by atoms with Crippen molar-refractivity contribution in [1.82, 2.24) is 19.2 Å². The van der Waals surface area contributed by atoms with Crippen molar-refractivity contribution in [3.8, 4) is 5.75 Å². The summed E-state index contributed by atoms with van der Waals surface area (Å²) in [6.07, 6.45) is 1.74. The molecule has 1 N–H and O–H groups in total. The number of carbonyl (C=O) groups excluding carboxylic acids is 1. The number of nitrogens with zero attached hydrogens (tertiary/aromatic N) is 4. The van der Waals surface area contributed by atoms with E-state index in [4.69, 9.17) is 9.84 Å². The molecule has 0 atom stereocenters. The van der Waals surface area contributed by atoms with Gasteiger partial charge in [0.15, 0.2) is 0 Å². The number of rotatable bonds is 8. The second-order valence-corrected chi connectivity index (χ2v) is 8.36. The molecule has 0 spiro atoms. The van der Waals surface area contributed by atoms with E-state index < -0.39 is 0 Å². The summed E-state index contributed by atoms with van der Waals surface area (Å²) in [5, 5.41) is 7.65. The topological polar surface area (TPSA) is 81.4 Å². The maximum Gasteiger partial charge on any atom is 0.346 e. The van der Waals surface area contributed by atoms with E-state index in [0.717, 1.165) is 43.0 Å². The van der Waals surface area contributed by atoms with Crippen LogP contribution in [0.5, 0.6) is 5.75 Å². The van der Waals surface area contributed by atoms with Crippen LogP contribution in [0, 0.1) is 0 Å². The van der Waals surface area contributed by atoms with Crippen molar-refractivity contribution >= 4 is 11.6 Å². The molecule has 33 heavy (non-hydrogen) atoms. The molecular weight excluding hydrogens is 418 g/mol. The first-order chi connectivity index (χ1) is 16.1. The normalized spacial score (nSPS) is 14.8. The summed E-state index contributed by atoms with van der Waals surface area (Å²) in [7, 11) is 1.61. The first-order valence-corrected chi connectivity index (χ1v) is 11.4. The molecular formula is C25H31N5O3. The number of hydrogen-bond acceptors (Lipinski definition) is 5. The largest absolute Gasteiger partial charge is 0.497 e. The predicted molar refractivity (Wildman–Crippen MR) is 128 cm³/mol. The van der Waals surface area contributed by atoms with Crippen LogP contribution in [0.15, 0.2) is 59.4 Å². The number of aromatic nitrogens is 3. The molecule has 0 unspecified atom stereocenters. The van der Waals surface area contributed by atoms with E-state index in [-0.39, 0.29) is 17.5 Å². The highest BCUT2D eigenvalue weighted by Crippen LogP contribution is 2.26. The summed E-state index contributed by atoms with van der Waals surface area (Å²) in [5.41, 5.74) is 1.73. The molecule has 2 aromatic carbocycles. The Morgan fingerprint density at radius 1 is 1.12 bits per heavy atom. The second-order valence-electron chi connectivity index (χ2n) is 8.36. The number of anilines is 1. The van der Waals surface area contributed by atoms with Crippen LogP contribution in [-0.4, -0.2) is 51.9 Å². The van der Waals surface area contributed by atoms with Crippen LogP contribution in [0.4, 0.5) is 5.69 Å². The van der Waals surface area contributed by atoms with E-state index in [1.165, 1.54) is 0 Å². The number of benzene rings is 2. The van der Waals surface area contributed by atoms with Gasteiger partial charge >= 0.3 is 5.69 Å². The highest BCUT2D eigenvalue weighted by molar-refractivity contribution is 5.92. The molecule has 1 saturated heterocycles. The van der Waals surface area contributed by atoms with Gasteiger partial charge in [0.1, 0.15) is 11.6 Å². The summed E-state index contributed by atoms with van der Waals surface area (Å²) in [6, 6.07) is 17.3. The van der Waals surface area contributed by atoms with Crippen molar-refractivity contribution in [1.29, 1.82) is 0 Å². The number of ether oxygens (including phenoxy) is 1. The van der Waals surface area contributed by atoms with E-state index in [2.05, 4.69) is 10.2 Å². The van der Waals surface area contributed by atoms with E-state index in [0.29, 0.717) is 25.4 Å². The van der Waals surface area contributed by atoms with Crippen molar-refractivity contribution in [2.75, 3.05) is 32.1 Å². The lowest BCUT2D eigenvalue weighted by Gasteiger charge is -2.30. The molecule has 1 aliphatic heterocycles. The lowest BCUT2D eigenvalue weighted by atomic mass is 9.96. The number of carbonyl (C=O) groups is 1. The maximum atomic E-state index is 12.9. The van der Waals surface area contributed by atoms with Crippen LogP contribution in [0.1, 0.15) is 37.1 Å². The Morgan fingerprint density at radius 2 is 1.88 bits per heavy atom. The lowest BCUT2D eigenvalue weighted by Crippen LogP contribution is -2.39. The Kier molecular flexibility index (Phi) is 7.24. The van der Waals surface area contributed by atoms with Crippen molar-refractivity contribution in [2.24, 2.45) is 0 Å². The van der Waals surface area contributed by atoms with Gasteiger partial charge in [0, 0.05) is 24.2 Å². The Morgan fingerprint density at radius 3 is 2.58 bits per heavy atom. The van der Waals surface area contributed by atoms with Gasteiger partial charge in [0.05, 0.1) is 20.2 Å². The summed E-state index contributed by atoms with van der Waals surface area (Å²) in [4.78, 5) is 27.5. The summed E-state index contributed by atoms with van der Waals surface area (Å²) in [6.45, 7) is 4.98. The number of amides is 1. The predicted octanol–water partition coefficient (Wildman–Crippen LogP) is 2.94. The standard InChI is InChI=1S/C25H31N5O3/c1-3-29-24(27-30(25(29)32)17-19-8-5-4-6-9-19)20-12-14-28(15-13-20)18-23(31)26-21-10-7-11-22(16-21)33-2/h4-11,16,20H,3,12-15,17-18H2,1-2H3,(H,26,31). The zero-order valence-electron chi connectivity index (χ0n) is 19.2. The number of methoxy groups -OCH3 is 1. The quantitative estimate of drug-likeness (QED) is 0.572. The van der Waals surface area contributed by atoms with Gasteiger partial charge in [-0.2, -0.15) is 5.10 Å². The molecule has 8 heteroatoms. The number of likely N-dealkylation sites (tertiary alicyclic amines) is 1. The van der Waals surface area contributed by atoms with Gasteiger partial charge < -0.3 is 10.1 Å². The van der Waals surface area contributed by atoms with Gasteiger partial charge in [-0.25, -0.2) is 9.48 Å². The van der Waals surface area contributed by atoms with Crippen LogP contribution in [-0.2, 0) is 17.9 Å². The molecule has 0 saturated carbocycles. The highest BCUT2D eigenvalue weighted by atomic mass is 16.5. The van der Waals surface area contributed by atoms with Gasteiger partial charge in [0.2, 0.25) is 5.91 Å². The van der Waals surface area contributed by atoms with Crippen LogP contribution >= 0.6 is 0 Å². The van der Waals surface area contributed by atoms with Gasteiger partial charge in [-0.15, -0.1) is 0 Å². The second kappa shape index (κ2) is 10.5. The van der Waals surface area contributed by atoms with Gasteiger partial charge in [-0.05, 0) is 50.6 Å². The van der Waals surface area contributed by atoms with Crippen molar-refractivity contribution in [3.63, 3.8) is 0 Å². The molecule has 1 aliphatic rings. The number of hydrogen-bond donors (Lipinski definition) is 1. The van der Waals surface area contributed by atoms with Crippen molar-refractivity contribution in [2.45, 2.75) is 38.8 Å². The molecule has 3 aromatic rings. The molecule has 1 fully saturated rings. The molecule has 1 amide bonds. The smallest absolute Gasteiger partial charge is 0.346 e. The molecule has 8 nitrogen and oxygen atoms in total. The van der Waals surface area contributed by atoms with Crippen LogP contribution < -0.4 is 15.7 Å². The maximum absolute atomic E-state index is 12.9. The first-order valence-electron chi connectivity index (χ1n) is 11.4. The van der Waals surface area contributed by atoms with E-state index in [1.54, 1.807) is 22.4 Å². The van der Waals surface area contributed by atoms with E-state index in [1.807, 2.05) is 55.5 Å². The average Bonchev–Trinajstić information content (AvgIpc) is 3.15. The molecule has 0 aliphatic carbocycles. The first kappa shape index (κ1) is 22.8. The van der Waals surface area contributed by atoms with Crippen LogP contribution in [0.25, 0.3) is 0 Å². The molecule has 1 aromatic heterocycles. The van der Waals surface area contributed by atoms with Crippen LogP contribution in [0.3, 0.4) is 0 Å². The molecule has 4 rings (SSSR count). The fourth-order valence-corrected chi connectivity index (χ4v) is 4.37. The molecule has 0 radical (unpaired) electrons. The highest BCUT2D eigenvalue weighted by Gasteiger charge is 2.27. The monoisotopic (exact) mass is 449 g/mol. The summed E-state index contributed by atoms with van der Waals surface area (Å²) < 4.78 is 8.57. The minimum absolute atomic E-state index is 0.0423. The van der Waals surface area contributed by atoms with Crippen LogP contribution in [0.2, 0.25) is 0 Å². The average molecular weight is 450 g/mol. The van der Waals surface area contributed by atoms with E-state index >= 15 is 0 Å². The van der Waals surface area contributed by atoms with Gasteiger partial charge in [0.25, 0.3) is 0 Å². The fraction of sp³-hybridized carbons (Fsp3) is 0.400. The molecule has 2 heterocycles. The SMILES string of the molecule is CCn1c(C2CCN(CC(=O)Nc3cccc(OC)c3)CC2)nn(Cc2ccccc2)c1=O. The third-order valence-corrected chi connectivity index (χ3v) is 6.12. The zero-order chi connectivity index (χ0) is 23.2. The Balaban J connectivity index is 1.36. The Bertz CT molecular complexity index is 1130. The fourth-order valence-electron chi connectivity index (χ4n) is 4.37.